The second-order valence-electron chi connectivity index (χ2n) is 4.00. The van der Waals surface area contributed by atoms with E-state index in [-0.39, 0.29) is 5.91 Å². The summed E-state index contributed by atoms with van der Waals surface area (Å²) in [5.74, 6) is -0.780. The molecule has 2 aromatic rings. The van der Waals surface area contributed by atoms with E-state index in [0.717, 1.165) is 11.6 Å². The van der Waals surface area contributed by atoms with E-state index in [1.165, 1.54) is 23.6 Å². The van der Waals surface area contributed by atoms with Gasteiger partial charge in [-0.1, -0.05) is 0 Å². The molecule has 2 heterocycles. The fourth-order valence-corrected chi connectivity index (χ4v) is 2.22. The molecule has 2 aromatic heterocycles. The van der Waals surface area contributed by atoms with Gasteiger partial charge in [0.05, 0.1) is 6.42 Å². The molecule has 0 saturated carbocycles. The zero-order valence-electron chi connectivity index (χ0n) is 10.4. The van der Waals surface area contributed by atoms with Crippen LogP contribution in [-0.4, -0.2) is 22.0 Å². The lowest BCUT2D eigenvalue weighted by molar-refractivity contribution is -0.131. The van der Waals surface area contributed by atoms with Gasteiger partial charge in [0.1, 0.15) is 5.82 Å². The molecule has 0 aromatic carbocycles. The highest BCUT2D eigenvalue weighted by Gasteiger charge is 2.05. The fourth-order valence-electron chi connectivity index (χ4n) is 1.55. The Balaban J connectivity index is 2.00. The number of hydrogen-bond acceptors (Lipinski definition) is 4. The molecule has 0 aliphatic heterocycles. The van der Waals surface area contributed by atoms with Gasteiger partial charge in [-0.25, -0.2) is 9.78 Å². The SMILES string of the molecule is O=C(O)/C=C/c1ccnc(NC(=O)Cc2ccsc2)c1. The Hall–Kier alpha value is -2.47. The second-order valence-corrected chi connectivity index (χ2v) is 4.78. The zero-order chi connectivity index (χ0) is 14.4. The normalized spacial score (nSPS) is 10.6. The topological polar surface area (TPSA) is 79.3 Å². The van der Waals surface area contributed by atoms with Crippen LogP contribution in [0.2, 0.25) is 0 Å². The summed E-state index contributed by atoms with van der Waals surface area (Å²) in [5.41, 5.74) is 1.61. The average Bonchev–Trinajstić information content (AvgIpc) is 2.89. The Kier molecular flexibility index (Phi) is 4.62. The third-order valence-electron chi connectivity index (χ3n) is 2.41. The van der Waals surface area contributed by atoms with Gasteiger partial charge in [0.15, 0.2) is 0 Å². The van der Waals surface area contributed by atoms with Crippen LogP contribution in [0.5, 0.6) is 0 Å². The summed E-state index contributed by atoms with van der Waals surface area (Å²) >= 11 is 1.54. The van der Waals surface area contributed by atoms with Crippen LogP contribution in [0.4, 0.5) is 5.82 Å². The van der Waals surface area contributed by atoms with Gasteiger partial charge in [-0.15, -0.1) is 0 Å². The minimum atomic E-state index is -1.02. The summed E-state index contributed by atoms with van der Waals surface area (Å²) < 4.78 is 0. The quantitative estimate of drug-likeness (QED) is 0.828. The average molecular weight is 288 g/mol. The first-order chi connectivity index (χ1) is 9.63. The van der Waals surface area contributed by atoms with E-state index < -0.39 is 5.97 Å². The third-order valence-corrected chi connectivity index (χ3v) is 3.15. The molecule has 0 radical (unpaired) electrons. The van der Waals surface area contributed by atoms with Crippen molar-refractivity contribution in [2.24, 2.45) is 0 Å². The molecule has 0 spiro atoms. The number of carboxylic acids is 1. The van der Waals surface area contributed by atoms with E-state index in [0.29, 0.717) is 17.8 Å². The molecule has 2 rings (SSSR count). The van der Waals surface area contributed by atoms with Crippen molar-refractivity contribution in [3.63, 3.8) is 0 Å². The number of amides is 1. The lowest BCUT2D eigenvalue weighted by atomic mass is 10.2. The van der Waals surface area contributed by atoms with Crippen LogP contribution in [-0.2, 0) is 16.0 Å². The number of anilines is 1. The number of nitrogens with zero attached hydrogens (tertiary/aromatic N) is 1. The summed E-state index contributed by atoms with van der Waals surface area (Å²) in [6, 6.07) is 5.17. The molecule has 0 aliphatic carbocycles. The van der Waals surface area contributed by atoms with Crippen molar-refractivity contribution >= 4 is 35.1 Å². The highest BCUT2D eigenvalue weighted by Crippen LogP contribution is 2.11. The maximum Gasteiger partial charge on any atom is 0.328 e. The van der Waals surface area contributed by atoms with Crippen LogP contribution in [0.1, 0.15) is 11.1 Å². The third kappa shape index (κ3) is 4.33. The molecule has 0 unspecified atom stereocenters. The molecular weight excluding hydrogens is 276 g/mol. The van der Waals surface area contributed by atoms with Crippen LogP contribution in [0.3, 0.4) is 0 Å². The van der Waals surface area contributed by atoms with Crippen LogP contribution in [0.15, 0.2) is 41.2 Å². The zero-order valence-corrected chi connectivity index (χ0v) is 11.3. The van der Waals surface area contributed by atoms with Gasteiger partial charge in [-0.05, 0) is 46.2 Å². The number of aliphatic carboxylic acids is 1. The largest absolute Gasteiger partial charge is 0.478 e. The number of aromatic nitrogens is 1. The maximum absolute atomic E-state index is 11.8. The molecule has 0 bridgehead atoms. The molecule has 20 heavy (non-hydrogen) atoms. The number of thiophene rings is 1. The van der Waals surface area contributed by atoms with Crippen LogP contribution in [0, 0.1) is 0 Å². The van der Waals surface area contributed by atoms with Gasteiger partial charge >= 0.3 is 5.97 Å². The molecular formula is C14H12N2O3S. The number of carbonyl (C=O) groups is 2. The Morgan fingerprint density at radius 3 is 2.95 bits per heavy atom. The molecule has 1 amide bonds. The number of carbonyl (C=O) groups excluding carboxylic acids is 1. The minimum absolute atomic E-state index is 0.157. The smallest absolute Gasteiger partial charge is 0.328 e. The summed E-state index contributed by atoms with van der Waals surface area (Å²) in [6.07, 6.45) is 4.28. The van der Waals surface area contributed by atoms with Crippen molar-refractivity contribution in [1.29, 1.82) is 0 Å². The predicted octanol–water partition coefficient (Wildman–Crippen LogP) is 2.42. The molecule has 6 heteroatoms. The number of pyridine rings is 1. The van der Waals surface area contributed by atoms with Crippen molar-refractivity contribution in [3.8, 4) is 0 Å². The predicted molar refractivity (Wildman–Crippen MR) is 77.6 cm³/mol. The van der Waals surface area contributed by atoms with E-state index in [1.807, 2.05) is 16.8 Å². The van der Waals surface area contributed by atoms with Gasteiger partial charge < -0.3 is 10.4 Å². The van der Waals surface area contributed by atoms with Crippen LogP contribution < -0.4 is 5.32 Å². The van der Waals surface area contributed by atoms with E-state index >= 15 is 0 Å². The molecule has 5 nitrogen and oxygen atoms in total. The summed E-state index contributed by atoms with van der Waals surface area (Å²) in [5, 5.41) is 15.1. The highest BCUT2D eigenvalue weighted by molar-refractivity contribution is 7.08. The minimum Gasteiger partial charge on any atom is -0.478 e. The van der Waals surface area contributed by atoms with Gasteiger partial charge in [-0.2, -0.15) is 11.3 Å². The lowest BCUT2D eigenvalue weighted by Gasteiger charge is -2.04. The van der Waals surface area contributed by atoms with Gasteiger partial charge in [-0.3, -0.25) is 4.79 Å². The second kappa shape index (κ2) is 6.63. The first-order valence-corrected chi connectivity index (χ1v) is 6.76. The van der Waals surface area contributed by atoms with Gasteiger partial charge in [0.2, 0.25) is 5.91 Å². The lowest BCUT2D eigenvalue weighted by Crippen LogP contribution is -2.14. The van der Waals surface area contributed by atoms with Gasteiger partial charge in [0.25, 0.3) is 0 Å². The first kappa shape index (κ1) is 14.0. The molecule has 0 atom stereocenters. The first-order valence-electron chi connectivity index (χ1n) is 5.81. The Morgan fingerprint density at radius 2 is 2.25 bits per heavy atom. The van der Waals surface area contributed by atoms with Crippen molar-refractivity contribution in [3.05, 3.63) is 52.4 Å². The number of rotatable bonds is 5. The van der Waals surface area contributed by atoms with E-state index in [1.54, 1.807) is 12.1 Å². The standard InChI is InChI=1S/C14H12N2O3S/c17-13(8-11-4-6-20-9-11)16-12-7-10(3-5-15-12)1-2-14(18)19/h1-7,9H,8H2,(H,18,19)(H,15,16,17)/b2-1+. The van der Waals surface area contributed by atoms with Crippen molar-refractivity contribution in [2.75, 3.05) is 5.32 Å². The molecule has 0 fully saturated rings. The summed E-state index contributed by atoms with van der Waals surface area (Å²) in [7, 11) is 0. The monoisotopic (exact) mass is 288 g/mol. The van der Waals surface area contributed by atoms with Crippen molar-refractivity contribution < 1.29 is 14.7 Å². The molecule has 102 valence electrons. The molecule has 0 aliphatic rings. The fraction of sp³-hybridized carbons (Fsp3) is 0.0714. The van der Waals surface area contributed by atoms with Crippen molar-refractivity contribution in [1.82, 2.24) is 4.98 Å². The number of nitrogens with one attached hydrogen (secondary N) is 1. The Bertz CT molecular complexity index is 636. The molecule has 2 N–H and O–H groups in total. The Labute approximate surface area is 119 Å². The van der Waals surface area contributed by atoms with Crippen molar-refractivity contribution in [2.45, 2.75) is 6.42 Å². The highest BCUT2D eigenvalue weighted by atomic mass is 32.1. The summed E-state index contributed by atoms with van der Waals surface area (Å²) in [6.45, 7) is 0. The van der Waals surface area contributed by atoms with E-state index in [2.05, 4.69) is 10.3 Å². The van der Waals surface area contributed by atoms with E-state index in [9.17, 15) is 9.59 Å². The van der Waals surface area contributed by atoms with Crippen LogP contribution >= 0.6 is 11.3 Å². The molecule has 0 saturated heterocycles. The number of carboxylic acid groups (broad SMARTS) is 1. The van der Waals surface area contributed by atoms with E-state index in [4.69, 9.17) is 5.11 Å². The maximum atomic E-state index is 11.8. The van der Waals surface area contributed by atoms with Gasteiger partial charge in [0, 0.05) is 12.3 Å². The number of hydrogen-bond donors (Lipinski definition) is 2. The summed E-state index contributed by atoms with van der Waals surface area (Å²) in [4.78, 5) is 26.3. The Morgan fingerprint density at radius 1 is 1.40 bits per heavy atom. The van der Waals surface area contributed by atoms with Crippen LogP contribution in [0.25, 0.3) is 6.08 Å².